The van der Waals surface area contributed by atoms with Gasteiger partial charge in [0.1, 0.15) is 0 Å². The fourth-order valence-corrected chi connectivity index (χ4v) is 0.527. The maximum Gasteiger partial charge on any atom is 1.00 e. The zero-order chi connectivity index (χ0) is 3.54. The van der Waals surface area contributed by atoms with Gasteiger partial charge in [-0.15, -0.1) is 11.3 Å². The van der Waals surface area contributed by atoms with Crippen LogP contribution < -0.4 is 12.4 Å². The monoisotopic (exact) mass is 322 g/mol. The number of hydrogen-bond donors (Lipinski definition) is 0. The first-order valence-electron chi connectivity index (χ1n) is 1.32. The second-order valence-corrected chi connectivity index (χ2v) is 1.43. The molecule has 1 aromatic rings. The van der Waals surface area contributed by atoms with Crippen molar-refractivity contribution >= 4 is 11.3 Å². The molecule has 0 fully saturated rings. The van der Waals surface area contributed by atoms with E-state index in [9.17, 15) is 0 Å². The van der Waals surface area contributed by atoms with E-state index in [2.05, 4.69) is 4.98 Å². The third kappa shape index (κ3) is 4.71. The summed E-state index contributed by atoms with van der Waals surface area (Å²) in [5.41, 5.74) is 1.79. The van der Waals surface area contributed by atoms with Crippen molar-refractivity contribution < 1.29 is 40.1 Å². The Kier molecular flexibility index (Phi) is 10.5. The van der Waals surface area contributed by atoms with Gasteiger partial charge in [-0.2, -0.15) is 0 Å². The SMILES string of the molecule is [Cl-].[Hg+].c1cscn1. The molecule has 0 saturated heterocycles. The predicted molar refractivity (Wildman–Crippen MR) is 22.1 cm³/mol. The van der Waals surface area contributed by atoms with Gasteiger partial charge in [-0.3, -0.25) is 4.98 Å². The topological polar surface area (TPSA) is 12.9 Å². The van der Waals surface area contributed by atoms with E-state index in [-0.39, 0.29) is 40.1 Å². The molecule has 1 rings (SSSR count). The molecule has 1 radical (unpaired) electrons. The molecule has 0 bridgehead atoms. The Morgan fingerprint density at radius 3 is 2.29 bits per heavy atom. The fourth-order valence-electron chi connectivity index (χ4n) is 0.176. The van der Waals surface area contributed by atoms with E-state index in [0.717, 1.165) is 0 Å². The molecule has 0 N–H and O–H groups in total. The van der Waals surface area contributed by atoms with Crippen molar-refractivity contribution in [1.82, 2.24) is 4.98 Å². The molecule has 0 aliphatic carbocycles. The summed E-state index contributed by atoms with van der Waals surface area (Å²) in [6.45, 7) is 0. The molecule has 0 spiro atoms. The Labute approximate surface area is 73.1 Å². The first-order chi connectivity index (χ1) is 2.50. The standard InChI is InChI=1S/C3H3NS.ClH.Hg/c1-2-5-3-4-1;;/h1-3H;1H;/q;;+1/p-1. The number of halogens is 1. The summed E-state index contributed by atoms with van der Waals surface area (Å²) < 4.78 is 0. The molecule has 35 valence electrons. The van der Waals surface area contributed by atoms with Crippen LogP contribution in [0.25, 0.3) is 0 Å². The molecule has 0 atom stereocenters. The second-order valence-electron chi connectivity index (χ2n) is 0.676. The fraction of sp³-hybridized carbons (Fsp3) is 0. The zero-order valence-corrected chi connectivity index (χ0v) is 10.7. The van der Waals surface area contributed by atoms with Crippen molar-refractivity contribution in [3.8, 4) is 0 Å². The van der Waals surface area contributed by atoms with Gasteiger partial charge < -0.3 is 12.4 Å². The van der Waals surface area contributed by atoms with Crippen molar-refractivity contribution in [1.29, 1.82) is 0 Å². The smallest absolute Gasteiger partial charge is 1.00 e. The Hall–Kier alpha value is 0.855. The van der Waals surface area contributed by atoms with Gasteiger partial charge in [0, 0.05) is 11.6 Å². The molecule has 4 heteroatoms. The van der Waals surface area contributed by atoms with Gasteiger partial charge in [-0.25, -0.2) is 0 Å². The van der Waals surface area contributed by atoms with Crippen molar-refractivity contribution in [2.45, 2.75) is 0 Å². The summed E-state index contributed by atoms with van der Waals surface area (Å²) in [4.78, 5) is 3.74. The summed E-state index contributed by atoms with van der Waals surface area (Å²) >= 11 is 1.60. The normalized spacial score (nSPS) is 5.71. The van der Waals surface area contributed by atoms with Crippen LogP contribution in [0.15, 0.2) is 17.1 Å². The van der Waals surface area contributed by atoms with E-state index < -0.39 is 0 Å². The van der Waals surface area contributed by atoms with Crippen LogP contribution in [0.5, 0.6) is 0 Å². The molecule has 1 nitrogen and oxygen atoms in total. The largest absolute Gasteiger partial charge is 1.00 e. The summed E-state index contributed by atoms with van der Waals surface area (Å²) in [5, 5.41) is 1.93. The Balaban J connectivity index is 0. The minimum atomic E-state index is 0. The molecular formula is C3H3ClHgNS. The molecule has 1 aromatic heterocycles. The Bertz CT molecular complexity index is 71.4. The van der Waals surface area contributed by atoms with Gasteiger partial charge in [-0.1, -0.05) is 0 Å². The van der Waals surface area contributed by atoms with Gasteiger partial charge in [0.05, 0.1) is 5.51 Å². The van der Waals surface area contributed by atoms with E-state index in [1.807, 2.05) is 5.38 Å². The van der Waals surface area contributed by atoms with Crippen LogP contribution in [-0.4, -0.2) is 4.98 Å². The molecule has 0 saturated carbocycles. The first kappa shape index (κ1) is 10.8. The molecule has 0 aliphatic heterocycles. The Morgan fingerprint density at radius 1 is 1.43 bits per heavy atom. The van der Waals surface area contributed by atoms with Crippen LogP contribution in [0.1, 0.15) is 0 Å². The van der Waals surface area contributed by atoms with Gasteiger partial charge in [0.2, 0.25) is 0 Å². The average Bonchev–Trinajstić information content (AvgIpc) is 1.76. The first-order valence-corrected chi connectivity index (χ1v) is 2.26. The molecule has 0 aromatic carbocycles. The van der Waals surface area contributed by atoms with E-state index in [1.165, 1.54) is 0 Å². The van der Waals surface area contributed by atoms with Gasteiger partial charge in [-0.05, 0) is 0 Å². The molecule has 0 aliphatic rings. The third-order valence-corrected chi connectivity index (χ3v) is 0.869. The van der Waals surface area contributed by atoms with Gasteiger partial charge in [0.25, 0.3) is 0 Å². The van der Waals surface area contributed by atoms with Crippen molar-refractivity contribution in [3.05, 3.63) is 17.1 Å². The number of thiazole rings is 1. The molecule has 7 heavy (non-hydrogen) atoms. The summed E-state index contributed by atoms with van der Waals surface area (Å²) in [6.07, 6.45) is 1.77. The quantitative estimate of drug-likeness (QED) is 0.511. The van der Waals surface area contributed by atoms with E-state index >= 15 is 0 Å². The van der Waals surface area contributed by atoms with Crippen molar-refractivity contribution in [2.75, 3.05) is 0 Å². The Morgan fingerprint density at radius 2 is 2.14 bits per heavy atom. The van der Waals surface area contributed by atoms with E-state index in [1.54, 1.807) is 23.0 Å². The molecule has 1 heterocycles. The summed E-state index contributed by atoms with van der Waals surface area (Å²) in [5.74, 6) is 0. The zero-order valence-electron chi connectivity index (χ0n) is 3.67. The third-order valence-electron chi connectivity index (χ3n) is 0.347. The van der Waals surface area contributed by atoms with Gasteiger partial charge in [0.15, 0.2) is 0 Å². The predicted octanol–water partition coefficient (Wildman–Crippen LogP) is -1.86. The van der Waals surface area contributed by atoms with Crippen LogP contribution in [0.4, 0.5) is 0 Å². The van der Waals surface area contributed by atoms with E-state index in [4.69, 9.17) is 0 Å². The number of nitrogens with zero attached hydrogens (tertiary/aromatic N) is 1. The number of rotatable bonds is 0. The minimum Gasteiger partial charge on any atom is -1.00 e. The maximum atomic E-state index is 3.74. The summed E-state index contributed by atoms with van der Waals surface area (Å²) in [6, 6.07) is 0. The second kappa shape index (κ2) is 6.86. The van der Waals surface area contributed by atoms with Crippen LogP contribution in [0.2, 0.25) is 0 Å². The minimum absolute atomic E-state index is 0. The van der Waals surface area contributed by atoms with Crippen LogP contribution in [0, 0.1) is 0 Å². The molecular weight excluding hydrogens is 318 g/mol. The molecule has 0 unspecified atom stereocenters. The van der Waals surface area contributed by atoms with Crippen molar-refractivity contribution in [2.24, 2.45) is 0 Å². The van der Waals surface area contributed by atoms with E-state index in [0.29, 0.717) is 0 Å². The van der Waals surface area contributed by atoms with Crippen LogP contribution >= 0.6 is 11.3 Å². The van der Waals surface area contributed by atoms with Gasteiger partial charge >= 0.3 is 27.7 Å². The maximum absolute atomic E-state index is 3.74. The van der Waals surface area contributed by atoms with Crippen molar-refractivity contribution in [3.63, 3.8) is 0 Å². The molecule has 0 amide bonds. The van der Waals surface area contributed by atoms with Crippen LogP contribution in [0.3, 0.4) is 0 Å². The summed E-state index contributed by atoms with van der Waals surface area (Å²) in [7, 11) is 0. The average molecular weight is 321 g/mol. The number of hydrogen-bond acceptors (Lipinski definition) is 2. The van der Waals surface area contributed by atoms with Crippen LogP contribution in [-0.2, 0) is 27.7 Å². The number of aromatic nitrogens is 1.